The summed E-state index contributed by atoms with van der Waals surface area (Å²) in [6.07, 6.45) is -0.137. The third kappa shape index (κ3) is 5.82. The molecule has 0 aliphatic rings. The van der Waals surface area contributed by atoms with Gasteiger partial charge < -0.3 is 21.5 Å². The highest BCUT2D eigenvalue weighted by atomic mass is 32.1. The summed E-state index contributed by atoms with van der Waals surface area (Å²) in [4.78, 5) is 35.6. The predicted molar refractivity (Wildman–Crippen MR) is 79.0 cm³/mol. The Hall–Kier alpha value is -2.09. The fourth-order valence-electron chi connectivity index (χ4n) is 1.70. The van der Waals surface area contributed by atoms with Gasteiger partial charge in [-0.15, -0.1) is 11.3 Å². The van der Waals surface area contributed by atoms with Crippen LogP contribution in [-0.2, 0) is 9.59 Å². The van der Waals surface area contributed by atoms with Gasteiger partial charge in [0.1, 0.15) is 6.04 Å². The fourth-order valence-corrected chi connectivity index (χ4v) is 2.58. The maximum absolute atomic E-state index is 11.8. The monoisotopic (exact) mass is 313 g/mol. The molecule has 2 atom stereocenters. The zero-order chi connectivity index (χ0) is 16.0. The van der Waals surface area contributed by atoms with E-state index in [1.165, 1.54) is 0 Å². The molecule has 1 aromatic heterocycles. The van der Waals surface area contributed by atoms with Crippen molar-refractivity contribution in [1.29, 1.82) is 0 Å². The van der Waals surface area contributed by atoms with E-state index in [2.05, 4.69) is 10.6 Å². The van der Waals surface area contributed by atoms with Gasteiger partial charge in [0.2, 0.25) is 5.91 Å². The van der Waals surface area contributed by atoms with Crippen LogP contribution in [0, 0.1) is 6.92 Å². The molecule has 0 aliphatic heterocycles. The van der Waals surface area contributed by atoms with Crippen LogP contribution in [0.3, 0.4) is 0 Å². The second-order valence-electron chi connectivity index (χ2n) is 4.68. The molecule has 116 valence electrons. The lowest BCUT2D eigenvalue weighted by atomic mass is 10.1. The van der Waals surface area contributed by atoms with E-state index in [1.54, 1.807) is 11.3 Å². The van der Waals surface area contributed by atoms with Crippen LogP contribution >= 0.6 is 11.3 Å². The Kier molecular flexibility index (Phi) is 6.16. The minimum absolute atomic E-state index is 0.0371. The number of rotatable bonds is 7. The summed E-state index contributed by atoms with van der Waals surface area (Å²) in [5.74, 6) is -1.81. The van der Waals surface area contributed by atoms with E-state index in [9.17, 15) is 14.4 Å². The molecule has 0 saturated carbocycles. The molecule has 1 heterocycles. The molecule has 1 unspecified atom stereocenters. The van der Waals surface area contributed by atoms with Gasteiger partial charge in [0.05, 0.1) is 6.04 Å². The second kappa shape index (κ2) is 7.63. The first-order valence-electron chi connectivity index (χ1n) is 6.44. The van der Waals surface area contributed by atoms with Crippen LogP contribution in [0.2, 0.25) is 0 Å². The number of carboxylic acids is 1. The quantitative estimate of drug-likeness (QED) is 0.603. The summed E-state index contributed by atoms with van der Waals surface area (Å²) >= 11 is 1.56. The molecule has 0 saturated heterocycles. The highest BCUT2D eigenvalue weighted by Gasteiger charge is 2.21. The molecule has 7 nitrogen and oxygen atoms in total. The van der Waals surface area contributed by atoms with Crippen LogP contribution in [0.4, 0.5) is 4.79 Å². The molecule has 1 rings (SSSR count). The number of aliphatic carboxylic acids is 1. The second-order valence-corrected chi connectivity index (χ2v) is 6.00. The number of thiophene rings is 1. The van der Waals surface area contributed by atoms with E-state index < -0.39 is 23.9 Å². The lowest BCUT2D eigenvalue weighted by Gasteiger charge is -2.17. The molecule has 5 N–H and O–H groups in total. The summed E-state index contributed by atoms with van der Waals surface area (Å²) < 4.78 is 0. The summed E-state index contributed by atoms with van der Waals surface area (Å²) in [5.41, 5.74) is 4.97. The molecule has 0 radical (unpaired) electrons. The van der Waals surface area contributed by atoms with E-state index in [-0.39, 0.29) is 18.9 Å². The van der Waals surface area contributed by atoms with E-state index in [4.69, 9.17) is 10.8 Å². The van der Waals surface area contributed by atoms with Gasteiger partial charge in [0.25, 0.3) is 0 Å². The number of primary amides is 1. The minimum atomic E-state index is -1.20. The predicted octanol–water partition coefficient (Wildman–Crippen LogP) is 1.14. The third-order valence-corrected chi connectivity index (χ3v) is 4.00. The Morgan fingerprint density at radius 3 is 2.48 bits per heavy atom. The van der Waals surface area contributed by atoms with Crippen LogP contribution in [0.1, 0.15) is 35.6 Å². The van der Waals surface area contributed by atoms with Gasteiger partial charge in [-0.05, 0) is 32.4 Å². The molecule has 0 fully saturated rings. The van der Waals surface area contributed by atoms with E-state index in [0.717, 1.165) is 9.75 Å². The molecule has 3 amide bonds. The van der Waals surface area contributed by atoms with Gasteiger partial charge in [0.15, 0.2) is 0 Å². The van der Waals surface area contributed by atoms with Crippen molar-refractivity contribution in [1.82, 2.24) is 10.6 Å². The van der Waals surface area contributed by atoms with Crippen LogP contribution in [0.5, 0.6) is 0 Å². The summed E-state index contributed by atoms with van der Waals surface area (Å²) in [5, 5.41) is 14.0. The van der Waals surface area contributed by atoms with Gasteiger partial charge in [-0.1, -0.05) is 0 Å². The molecule has 0 aromatic carbocycles. The molecular formula is C13H19N3O4S. The summed E-state index contributed by atoms with van der Waals surface area (Å²) in [7, 11) is 0. The first kappa shape index (κ1) is 17.0. The maximum atomic E-state index is 11.8. The van der Waals surface area contributed by atoms with Crippen molar-refractivity contribution in [3.05, 3.63) is 21.9 Å². The molecule has 0 aliphatic carbocycles. The Morgan fingerprint density at radius 2 is 2.00 bits per heavy atom. The summed E-state index contributed by atoms with van der Waals surface area (Å²) in [6, 6.07) is 1.89. The smallest absolute Gasteiger partial charge is 0.326 e. The van der Waals surface area contributed by atoms with Crippen molar-refractivity contribution in [2.24, 2.45) is 5.73 Å². The highest BCUT2D eigenvalue weighted by molar-refractivity contribution is 7.12. The van der Waals surface area contributed by atoms with Crippen LogP contribution < -0.4 is 16.4 Å². The number of carbonyl (C=O) groups is 3. The van der Waals surface area contributed by atoms with Crippen LogP contribution in [-0.4, -0.2) is 29.1 Å². The Labute approximate surface area is 126 Å². The van der Waals surface area contributed by atoms with Crippen LogP contribution in [0.15, 0.2) is 12.1 Å². The Bertz CT molecular complexity index is 529. The van der Waals surface area contributed by atoms with Crippen molar-refractivity contribution in [3.63, 3.8) is 0 Å². The first-order valence-corrected chi connectivity index (χ1v) is 7.25. The fraction of sp³-hybridized carbons (Fsp3) is 0.462. The van der Waals surface area contributed by atoms with Gasteiger partial charge in [0, 0.05) is 16.2 Å². The number of aryl methyl sites for hydroxylation is 1. The topological polar surface area (TPSA) is 122 Å². The van der Waals surface area contributed by atoms with Crippen molar-refractivity contribution in [2.45, 2.75) is 38.8 Å². The molecule has 21 heavy (non-hydrogen) atoms. The maximum Gasteiger partial charge on any atom is 0.326 e. The molecule has 0 spiro atoms. The lowest BCUT2D eigenvalue weighted by Crippen LogP contribution is -2.46. The first-order chi connectivity index (χ1) is 9.79. The number of urea groups is 1. The zero-order valence-corrected chi connectivity index (χ0v) is 12.7. The Balaban J connectivity index is 2.53. The number of nitrogens with two attached hydrogens (primary N) is 1. The number of nitrogens with one attached hydrogen (secondary N) is 2. The SMILES string of the molecule is Cc1ccc(C(C)NC(=O)N[C@@H](CCC(N)=O)C(=O)O)s1. The third-order valence-electron chi connectivity index (χ3n) is 2.82. The van der Waals surface area contributed by atoms with Crippen molar-refractivity contribution >= 4 is 29.2 Å². The zero-order valence-electron chi connectivity index (χ0n) is 11.9. The van der Waals surface area contributed by atoms with Gasteiger partial charge in [-0.2, -0.15) is 0 Å². The van der Waals surface area contributed by atoms with Crippen molar-refractivity contribution in [2.75, 3.05) is 0 Å². The number of hydrogen-bond acceptors (Lipinski definition) is 4. The summed E-state index contributed by atoms with van der Waals surface area (Å²) in [6.45, 7) is 3.77. The van der Waals surface area contributed by atoms with E-state index >= 15 is 0 Å². The number of amides is 3. The normalized spacial score (nSPS) is 13.2. The van der Waals surface area contributed by atoms with E-state index in [1.807, 2.05) is 26.0 Å². The van der Waals surface area contributed by atoms with Gasteiger partial charge >= 0.3 is 12.0 Å². The average Bonchev–Trinajstić information content (AvgIpc) is 2.80. The lowest BCUT2D eigenvalue weighted by molar-refractivity contribution is -0.139. The highest BCUT2D eigenvalue weighted by Crippen LogP contribution is 2.22. The van der Waals surface area contributed by atoms with E-state index in [0.29, 0.717) is 0 Å². The average molecular weight is 313 g/mol. The molecular weight excluding hydrogens is 294 g/mol. The van der Waals surface area contributed by atoms with Crippen molar-refractivity contribution < 1.29 is 19.5 Å². The van der Waals surface area contributed by atoms with Gasteiger partial charge in [-0.3, -0.25) is 4.79 Å². The molecule has 1 aromatic rings. The van der Waals surface area contributed by atoms with Gasteiger partial charge in [-0.25, -0.2) is 9.59 Å². The standard InChI is InChI=1S/C13H19N3O4S/c1-7-3-5-10(21-7)8(2)15-13(20)16-9(12(18)19)4-6-11(14)17/h3,5,8-9H,4,6H2,1-2H3,(H2,14,17)(H,18,19)(H2,15,16,20)/t8?,9-/m0/s1. The number of hydrogen-bond donors (Lipinski definition) is 4. The molecule has 8 heteroatoms. The number of carbonyl (C=O) groups excluding carboxylic acids is 2. The van der Waals surface area contributed by atoms with Crippen molar-refractivity contribution in [3.8, 4) is 0 Å². The Morgan fingerprint density at radius 1 is 1.33 bits per heavy atom. The van der Waals surface area contributed by atoms with Crippen LogP contribution in [0.25, 0.3) is 0 Å². The minimum Gasteiger partial charge on any atom is -0.480 e. The number of carboxylic acid groups (broad SMARTS) is 1. The largest absolute Gasteiger partial charge is 0.480 e. The molecule has 0 bridgehead atoms.